The van der Waals surface area contributed by atoms with Gasteiger partial charge in [-0.25, -0.2) is 4.79 Å². The van der Waals surface area contributed by atoms with Crippen LogP contribution in [0.2, 0.25) is 0 Å². The van der Waals surface area contributed by atoms with E-state index in [9.17, 15) is 9.59 Å². The molecule has 0 saturated heterocycles. The molecule has 3 amide bonds. The molecule has 4 N–H and O–H groups in total. The summed E-state index contributed by atoms with van der Waals surface area (Å²) in [4.78, 5) is 23.3. The van der Waals surface area contributed by atoms with Crippen LogP contribution < -0.4 is 16.0 Å². The van der Waals surface area contributed by atoms with Gasteiger partial charge < -0.3 is 15.1 Å². The SMILES string of the molecule is C[C@@H]([NH2+]CC(=O)NC(=O)NCc1ccco1)c1ccccc1. The van der Waals surface area contributed by atoms with Gasteiger partial charge in [-0.3, -0.25) is 10.1 Å². The lowest BCUT2D eigenvalue weighted by atomic mass is 10.1. The van der Waals surface area contributed by atoms with Crippen molar-refractivity contribution in [2.45, 2.75) is 19.5 Å². The minimum atomic E-state index is -0.526. The number of hydrogen-bond donors (Lipinski definition) is 3. The Morgan fingerprint density at radius 2 is 1.95 bits per heavy atom. The van der Waals surface area contributed by atoms with Crippen molar-refractivity contribution in [2.75, 3.05) is 6.54 Å². The molecule has 0 radical (unpaired) electrons. The second kappa shape index (κ2) is 7.99. The maximum Gasteiger partial charge on any atom is 0.321 e. The summed E-state index contributed by atoms with van der Waals surface area (Å²) in [6.07, 6.45) is 1.53. The topological polar surface area (TPSA) is 88.0 Å². The van der Waals surface area contributed by atoms with Crippen LogP contribution in [0.25, 0.3) is 0 Å². The zero-order chi connectivity index (χ0) is 15.8. The first kappa shape index (κ1) is 15.8. The second-order valence-electron chi connectivity index (χ2n) is 4.95. The Balaban J connectivity index is 1.68. The standard InChI is InChI=1S/C16H19N3O3/c1-12(13-6-3-2-4-7-13)17-11-15(20)19-16(21)18-10-14-8-5-9-22-14/h2-9,12,17H,10-11H2,1H3,(H2,18,19,20,21)/p+1/t12-/m1/s1. The molecule has 2 rings (SSSR count). The molecule has 1 aromatic heterocycles. The lowest BCUT2D eigenvalue weighted by molar-refractivity contribution is -0.682. The molecule has 116 valence electrons. The van der Waals surface area contributed by atoms with Crippen molar-refractivity contribution in [3.63, 3.8) is 0 Å². The van der Waals surface area contributed by atoms with E-state index in [1.54, 1.807) is 12.1 Å². The van der Waals surface area contributed by atoms with Gasteiger partial charge in [0.15, 0.2) is 6.54 Å². The molecule has 0 saturated carbocycles. The highest BCUT2D eigenvalue weighted by Crippen LogP contribution is 2.05. The molecule has 6 heteroatoms. The van der Waals surface area contributed by atoms with Crippen molar-refractivity contribution in [2.24, 2.45) is 0 Å². The first-order valence-corrected chi connectivity index (χ1v) is 7.13. The van der Waals surface area contributed by atoms with Crippen LogP contribution in [0.1, 0.15) is 24.3 Å². The smallest absolute Gasteiger partial charge is 0.321 e. The first-order valence-electron chi connectivity index (χ1n) is 7.13. The van der Waals surface area contributed by atoms with Crippen LogP contribution in [0, 0.1) is 0 Å². The zero-order valence-corrected chi connectivity index (χ0v) is 12.4. The molecule has 0 aliphatic rings. The maximum absolute atomic E-state index is 11.7. The summed E-state index contributed by atoms with van der Waals surface area (Å²) in [5.74, 6) is 0.298. The quantitative estimate of drug-likeness (QED) is 0.742. The summed E-state index contributed by atoms with van der Waals surface area (Å²) in [6, 6.07) is 13.0. The van der Waals surface area contributed by atoms with Crippen molar-refractivity contribution in [3.05, 3.63) is 60.1 Å². The number of nitrogens with two attached hydrogens (primary N) is 1. The minimum absolute atomic E-state index is 0.151. The number of hydrogen-bond acceptors (Lipinski definition) is 3. The van der Waals surface area contributed by atoms with Crippen LogP contribution in [-0.2, 0) is 11.3 Å². The van der Waals surface area contributed by atoms with Crippen LogP contribution in [-0.4, -0.2) is 18.5 Å². The van der Waals surface area contributed by atoms with E-state index in [1.807, 2.05) is 42.6 Å². The third-order valence-corrected chi connectivity index (χ3v) is 3.24. The molecule has 2 aromatic rings. The number of benzene rings is 1. The Kier molecular flexibility index (Phi) is 5.73. The van der Waals surface area contributed by atoms with Crippen molar-refractivity contribution < 1.29 is 19.3 Å². The Morgan fingerprint density at radius 1 is 1.18 bits per heavy atom. The van der Waals surface area contributed by atoms with Gasteiger partial charge in [0.1, 0.15) is 11.8 Å². The number of quaternary nitrogens is 1. The number of nitrogens with one attached hydrogen (secondary N) is 2. The fourth-order valence-electron chi connectivity index (χ4n) is 1.98. The van der Waals surface area contributed by atoms with Crippen LogP contribution in [0.4, 0.5) is 4.79 Å². The molecule has 0 bridgehead atoms. The predicted molar refractivity (Wildman–Crippen MR) is 80.7 cm³/mol. The van der Waals surface area contributed by atoms with E-state index in [0.717, 1.165) is 5.56 Å². The van der Waals surface area contributed by atoms with Gasteiger partial charge in [-0.2, -0.15) is 0 Å². The van der Waals surface area contributed by atoms with Crippen LogP contribution in [0.15, 0.2) is 53.1 Å². The van der Waals surface area contributed by atoms with Crippen molar-refractivity contribution >= 4 is 11.9 Å². The molecule has 0 aliphatic carbocycles. The summed E-state index contributed by atoms with van der Waals surface area (Å²) in [6.45, 7) is 2.44. The lowest BCUT2D eigenvalue weighted by Gasteiger charge is -2.10. The molecule has 1 aromatic carbocycles. The predicted octanol–water partition coefficient (Wildman–Crippen LogP) is 0.930. The Labute approximate surface area is 128 Å². The second-order valence-corrected chi connectivity index (χ2v) is 4.95. The number of carbonyl (C=O) groups is 2. The average Bonchev–Trinajstić information content (AvgIpc) is 3.05. The molecule has 1 atom stereocenters. The normalized spacial score (nSPS) is 11.7. The van der Waals surface area contributed by atoms with Gasteiger partial charge in [0.05, 0.1) is 12.8 Å². The van der Waals surface area contributed by atoms with E-state index in [1.165, 1.54) is 6.26 Å². The fourth-order valence-corrected chi connectivity index (χ4v) is 1.98. The van der Waals surface area contributed by atoms with Gasteiger partial charge in [0.2, 0.25) is 0 Å². The van der Waals surface area contributed by atoms with E-state index in [-0.39, 0.29) is 25.0 Å². The minimum Gasteiger partial charge on any atom is -0.467 e. The van der Waals surface area contributed by atoms with E-state index in [2.05, 4.69) is 10.6 Å². The number of rotatable bonds is 6. The van der Waals surface area contributed by atoms with Crippen LogP contribution in [0.5, 0.6) is 0 Å². The highest BCUT2D eigenvalue weighted by Gasteiger charge is 2.13. The Bertz CT molecular complexity index is 596. The highest BCUT2D eigenvalue weighted by molar-refractivity contribution is 5.94. The van der Waals surface area contributed by atoms with E-state index >= 15 is 0 Å². The molecule has 0 spiro atoms. The van der Waals surface area contributed by atoms with Crippen molar-refractivity contribution in [1.29, 1.82) is 0 Å². The summed E-state index contributed by atoms with van der Waals surface area (Å²) in [5, 5.41) is 6.72. The third kappa shape index (κ3) is 5.06. The van der Waals surface area contributed by atoms with Crippen molar-refractivity contribution in [3.8, 4) is 0 Å². The monoisotopic (exact) mass is 302 g/mol. The summed E-state index contributed by atoms with van der Waals surface area (Å²) in [5.41, 5.74) is 1.14. The van der Waals surface area contributed by atoms with E-state index < -0.39 is 6.03 Å². The van der Waals surface area contributed by atoms with Gasteiger partial charge in [-0.15, -0.1) is 0 Å². The fraction of sp³-hybridized carbons (Fsp3) is 0.250. The summed E-state index contributed by atoms with van der Waals surface area (Å²) < 4.78 is 5.08. The first-order chi connectivity index (χ1) is 10.6. The van der Waals surface area contributed by atoms with E-state index in [4.69, 9.17) is 4.42 Å². The largest absolute Gasteiger partial charge is 0.467 e. The number of urea groups is 1. The lowest BCUT2D eigenvalue weighted by Crippen LogP contribution is -2.87. The number of furan rings is 1. The number of amides is 3. The molecule has 0 unspecified atom stereocenters. The molecule has 6 nitrogen and oxygen atoms in total. The molecular formula is C16H20N3O3+. The Morgan fingerprint density at radius 3 is 2.64 bits per heavy atom. The van der Waals surface area contributed by atoms with Gasteiger partial charge in [0, 0.05) is 5.56 Å². The summed E-state index contributed by atoms with van der Waals surface area (Å²) in [7, 11) is 0. The van der Waals surface area contributed by atoms with Crippen LogP contribution >= 0.6 is 0 Å². The molecule has 22 heavy (non-hydrogen) atoms. The highest BCUT2D eigenvalue weighted by atomic mass is 16.3. The number of carbonyl (C=O) groups excluding carboxylic acids is 2. The van der Waals surface area contributed by atoms with Gasteiger partial charge >= 0.3 is 6.03 Å². The maximum atomic E-state index is 11.7. The van der Waals surface area contributed by atoms with Crippen LogP contribution in [0.3, 0.4) is 0 Å². The summed E-state index contributed by atoms with van der Waals surface area (Å²) >= 11 is 0. The van der Waals surface area contributed by atoms with Gasteiger partial charge in [-0.05, 0) is 19.1 Å². The molecular weight excluding hydrogens is 282 g/mol. The third-order valence-electron chi connectivity index (χ3n) is 3.24. The zero-order valence-electron chi connectivity index (χ0n) is 12.4. The van der Waals surface area contributed by atoms with Crippen molar-refractivity contribution in [1.82, 2.24) is 10.6 Å². The van der Waals surface area contributed by atoms with E-state index in [0.29, 0.717) is 5.76 Å². The molecule has 1 heterocycles. The van der Waals surface area contributed by atoms with Gasteiger partial charge in [-0.1, -0.05) is 30.3 Å². The average molecular weight is 302 g/mol. The Hall–Kier alpha value is -2.60. The van der Waals surface area contributed by atoms with Gasteiger partial charge in [0.25, 0.3) is 5.91 Å². The molecule has 0 fully saturated rings. The number of imide groups is 1. The molecule has 0 aliphatic heterocycles.